The number of ether oxygens (including phenoxy) is 4. The van der Waals surface area contributed by atoms with Crippen molar-refractivity contribution in [3.05, 3.63) is 202 Å². The van der Waals surface area contributed by atoms with E-state index in [1.54, 1.807) is 95.0 Å². The number of halogens is 9. The predicted molar refractivity (Wildman–Crippen MR) is 253 cm³/mol. The van der Waals surface area contributed by atoms with E-state index in [-0.39, 0.29) is 59.3 Å². The van der Waals surface area contributed by atoms with Gasteiger partial charge >= 0.3 is 12.4 Å². The summed E-state index contributed by atoms with van der Waals surface area (Å²) in [7, 11) is 0. The second-order valence-electron chi connectivity index (χ2n) is 16.0. The van der Waals surface area contributed by atoms with Crippen molar-refractivity contribution in [3.8, 4) is 46.2 Å². The van der Waals surface area contributed by atoms with Crippen LogP contribution < -0.4 is 19.1 Å². The Morgan fingerprint density at radius 2 is 1.33 bits per heavy atom. The highest BCUT2D eigenvalue weighted by Crippen LogP contribution is 2.43. The molecule has 13 nitrogen and oxygen atoms in total. The Morgan fingerprint density at radius 3 is 2.00 bits per heavy atom. The van der Waals surface area contributed by atoms with Crippen LogP contribution in [-0.4, -0.2) is 41.4 Å². The largest absolute Gasteiger partial charge is 0.473 e. The number of anilines is 1. The van der Waals surface area contributed by atoms with Crippen molar-refractivity contribution in [2.45, 2.75) is 31.9 Å². The average Bonchev–Trinajstić information content (AvgIpc) is 3.97. The highest BCUT2D eigenvalue weighted by Gasteiger charge is 2.38. The van der Waals surface area contributed by atoms with Crippen LogP contribution in [0.1, 0.15) is 33.4 Å². The molecule has 2 aliphatic rings. The van der Waals surface area contributed by atoms with Crippen molar-refractivity contribution in [1.29, 1.82) is 5.26 Å². The van der Waals surface area contributed by atoms with E-state index in [0.717, 1.165) is 24.3 Å². The number of hydrogen-bond acceptors (Lipinski definition) is 12. The molecule has 10 rings (SSSR count). The van der Waals surface area contributed by atoms with Crippen molar-refractivity contribution >= 4 is 46.3 Å². The summed E-state index contributed by atoms with van der Waals surface area (Å²) in [6, 6.07) is 25.2. The summed E-state index contributed by atoms with van der Waals surface area (Å²) < 4.78 is 121. The van der Waals surface area contributed by atoms with Crippen LogP contribution in [0.5, 0.6) is 28.9 Å². The van der Waals surface area contributed by atoms with Crippen LogP contribution in [0.4, 0.5) is 36.4 Å². The molecular formula is C51H30Cl2F7N9O4. The first kappa shape index (κ1) is 48.0. The first-order valence-corrected chi connectivity index (χ1v) is 22.2. The number of fused-ring (bicyclic) bond motifs is 2. The second kappa shape index (κ2) is 19.5. The van der Waals surface area contributed by atoms with Gasteiger partial charge in [0.2, 0.25) is 23.8 Å². The third-order valence-electron chi connectivity index (χ3n) is 11.2. The number of imidazole rings is 1. The van der Waals surface area contributed by atoms with Crippen LogP contribution in [0.2, 0.25) is 10.0 Å². The Hall–Kier alpha value is -8.67. The Morgan fingerprint density at radius 1 is 0.685 bits per heavy atom. The Bertz CT molecular complexity index is 3530. The maximum absolute atomic E-state index is 14.3. The smallest absolute Gasteiger partial charge is 0.417 e. The molecule has 1 unspecified atom stereocenters. The lowest BCUT2D eigenvalue weighted by Gasteiger charge is -2.32. The predicted octanol–water partition coefficient (Wildman–Crippen LogP) is 13.3. The van der Waals surface area contributed by atoms with Gasteiger partial charge in [-0.05, 0) is 102 Å². The van der Waals surface area contributed by atoms with Crippen molar-refractivity contribution < 1.29 is 49.7 Å². The van der Waals surface area contributed by atoms with Crippen molar-refractivity contribution in [1.82, 2.24) is 29.2 Å². The maximum Gasteiger partial charge on any atom is 0.417 e. The first-order valence-electron chi connectivity index (χ1n) is 21.5. The molecule has 0 radical (unpaired) electrons. The minimum atomic E-state index is -4.74. The fourth-order valence-corrected chi connectivity index (χ4v) is 8.13. The van der Waals surface area contributed by atoms with E-state index in [4.69, 9.17) is 52.1 Å². The molecule has 0 N–H and O–H groups in total. The van der Waals surface area contributed by atoms with Gasteiger partial charge in [-0.15, -0.1) is 0 Å². The summed E-state index contributed by atoms with van der Waals surface area (Å²) in [4.78, 5) is 26.2. The van der Waals surface area contributed by atoms with Gasteiger partial charge in [-0.1, -0.05) is 41.4 Å². The average molecular weight is 1040 g/mol. The normalized spacial score (nSPS) is 14.4. The molecule has 0 bridgehead atoms. The van der Waals surface area contributed by atoms with E-state index in [2.05, 4.69) is 15.0 Å². The number of rotatable bonds is 12. The first-order chi connectivity index (χ1) is 35.1. The van der Waals surface area contributed by atoms with Crippen molar-refractivity contribution in [3.63, 3.8) is 0 Å². The summed E-state index contributed by atoms with van der Waals surface area (Å²) in [5.41, 5.74) is 1.82. The summed E-state index contributed by atoms with van der Waals surface area (Å²) >= 11 is 11.6. The fourth-order valence-electron chi connectivity index (χ4n) is 7.68. The zero-order valence-corrected chi connectivity index (χ0v) is 38.5. The van der Waals surface area contributed by atoms with Crippen molar-refractivity contribution in [2.75, 3.05) is 4.90 Å². The van der Waals surface area contributed by atoms with Gasteiger partial charge in [-0.25, -0.2) is 24.3 Å². The molecule has 5 heterocycles. The molecule has 8 aromatic rings. The van der Waals surface area contributed by atoms with Gasteiger partial charge < -0.3 is 23.8 Å². The molecule has 1 atom stereocenters. The molecule has 0 saturated carbocycles. The molecule has 5 aromatic carbocycles. The molecule has 3 aromatic heterocycles. The molecule has 0 amide bonds. The highest BCUT2D eigenvalue weighted by molar-refractivity contribution is 6.31. The molecule has 2 aliphatic heterocycles. The van der Waals surface area contributed by atoms with Crippen LogP contribution in [0.3, 0.4) is 0 Å². The molecule has 0 saturated heterocycles. The third kappa shape index (κ3) is 10.3. The van der Waals surface area contributed by atoms with Crippen LogP contribution in [0.25, 0.3) is 22.7 Å². The lowest BCUT2D eigenvalue weighted by molar-refractivity contribution is -0.138. The van der Waals surface area contributed by atoms with Crippen molar-refractivity contribution in [2.24, 2.45) is 4.99 Å². The quantitative estimate of drug-likeness (QED) is 0.108. The lowest BCUT2D eigenvalue weighted by atomic mass is 10.1. The molecule has 0 spiro atoms. The summed E-state index contributed by atoms with van der Waals surface area (Å²) in [6.45, 7) is -0.146. The number of aromatic nitrogens is 5. The van der Waals surface area contributed by atoms with E-state index < -0.39 is 45.6 Å². The summed E-state index contributed by atoms with van der Waals surface area (Å²) in [5, 5.41) is 9.13. The monoisotopic (exact) mass is 1040 g/mol. The van der Waals surface area contributed by atoms with Gasteiger partial charge in [0.05, 0.1) is 44.3 Å². The van der Waals surface area contributed by atoms with E-state index in [0.29, 0.717) is 39.3 Å². The van der Waals surface area contributed by atoms with E-state index in [9.17, 15) is 36.0 Å². The van der Waals surface area contributed by atoms with Gasteiger partial charge in [0, 0.05) is 42.6 Å². The number of nitrogens with zero attached hydrogens (tertiary/aromatic N) is 9. The van der Waals surface area contributed by atoms with Gasteiger partial charge in [0.1, 0.15) is 60.1 Å². The zero-order chi connectivity index (χ0) is 51.0. The molecule has 22 heteroatoms. The third-order valence-corrected chi connectivity index (χ3v) is 11.8. The van der Waals surface area contributed by atoms with Crippen LogP contribution >= 0.6 is 23.2 Å². The molecule has 0 fully saturated rings. The van der Waals surface area contributed by atoms with Crippen LogP contribution in [-0.2, 0) is 30.3 Å². The summed E-state index contributed by atoms with van der Waals surface area (Å²) in [5.74, 6) is 0.0729. The van der Waals surface area contributed by atoms with E-state index in [1.807, 2.05) is 11.0 Å². The van der Waals surface area contributed by atoms with Crippen LogP contribution in [0.15, 0.2) is 158 Å². The number of hydrogen-bond donors (Lipinski definition) is 0. The standard InChI is InChI=1S/C51H30Cl2F7N9O4/c52-40-12-10-36(18-38(40)50(55,56)57)72-35-8-1-29(2-9-35)26-70-46-15-16-67-43(31-4-6-34(54)7-5-31)24-69(49(67)65-46)44-25-68-42(33-21-62-28-63-22-33)23-64-48(68)66-47(44)71-27-30-3-14-45(32(17-30)20-61)73-37-11-13-41(53)39(19-37)51(58,59)60/h1-19,21-25,28,49H,26-27H2. The number of aliphatic imine (C=N–C) groups is 1. The van der Waals surface area contributed by atoms with Gasteiger partial charge in [0.25, 0.3) is 0 Å². The molecule has 0 aliphatic carbocycles. The minimum Gasteiger partial charge on any atom is -0.473 e. The maximum atomic E-state index is 14.3. The van der Waals surface area contributed by atoms with Gasteiger partial charge in [-0.3, -0.25) is 9.30 Å². The zero-order valence-electron chi connectivity index (χ0n) is 37.0. The Kier molecular flexibility index (Phi) is 12.8. The number of benzene rings is 5. The minimum absolute atomic E-state index is 0.000640. The van der Waals surface area contributed by atoms with Gasteiger partial charge in [0.15, 0.2) is 0 Å². The lowest BCUT2D eigenvalue weighted by Crippen LogP contribution is -2.38. The summed E-state index contributed by atoms with van der Waals surface area (Å²) in [6.07, 6.45) is 2.82. The second-order valence-corrected chi connectivity index (χ2v) is 16.8. The molecular weight excluding hydrogens is 1010 g/mol. The number of nitriles is 1. The van der Waals surface area contributed by atoms with E-state index >= 15 is 0 Å². The molecule has 366 valence electrons. The Balaban J connectivity index is 0.956. The fraction of sp³-hybridized carbons (Fsp3) is 0.0980. The van der Waals surface area contributed by atoms with E-state index in [1.165, 1.54) is 42.7 Å². The SMILES string of the molecule is N#Cc1cc(COc2nc3ncc(-c4cncnc4)n3cc2N2C=C(c3ccc(F)cc3)N3C=CC(OCc4ccc(Oc5ccc(Cl)c(C(F)(F)F)c5)cc4)=NC32)ccc1Oc1ccc(Cl)c(C(F)(F)F)c1. The number of alkyl halides is 6. The Labute approximate surface area is 418 Å². The highest BCUT2D eigenvalue weighted by atomic mass is 35.5. The van der Waals surface area contributed by atoms with Gasteiger partial charge in [-0.2, -0.15) is 36.6 Å². The van der Waals surface area contributed by atoms with Crippen LogP contribution in [0, 0.1) is 17.1 Å². The molecule has 73 heavy (non-hydrogen) atoms. The topological polar surface area (TPSA) is 136 Å².